The van der Waals surface area contributed by atoms with Crippen LogP contribution < -0.4 is 5.73 Å². The van der Waals surface area contributed by atoms with E-state index >= 15 is 0 Å². The van der Waals surface area contributed by atoms with Crippen molar-refractivity contribution in [2.75, 3.05) is 11.5 Å². The first-order valence-corrected chi connectivity index (χ1v) is 7.21. The van der Waals surface area contributed by atoms with Gasteiger partial charge < -0.3 is 10.8 Å². The maximum Gasteiger partial charge on any atom is 0.129 e. The molecule has 1 heterocycles. The van der Waals surface area contributed by atoms with Gasteiger partial charge in [-0.25, -0.2) is 4.98 Å². The van der Waals surface area contributed by atoms with Gasteiger partial charge in [-0.2, -0.15) is 0 Å². The summed E-state index contributed by atoms with van der Waals surface area (Å²) in [5.74, 6) is 0.909. The molecule has 19 heavy (non-hydrogen) atoms. The number of aliphatic hydroxyl groups is 1. The number of aliphatic hydroxyl groups excluding tert-OH is 1. The second-order valence-electron chi connectivity index (χ2n) is 4.27. The second-order valence-corrected chi connectivity index (χ2v) is 5.80. The number of benzene rings is 1. The topological polar surface area (TPSA) is 59.1 Å². The average Bonchev–Trinajstić information content (AvgIpc) is 2.40. The van der Waals surface area contributed by atoms with Crippen LogP contribution in [0.25, 0.3) is 0 Å². The van der Waals surface area contributed by atoms with E-state index in [1.165, 1.54) is 0 Å². The number of nitrogen functional groups attached to an aromatic ring is 1. The molecule has 100 valence electrons. The van der Waals surface area contributed by atoms with E-state index in [-0.39, 0.29) is 0 Å². The first-order chi connectivity index (χ1) is 9.06. The summed E-state index contributed by atoms with van der Waals surface area (Å²) in [6.45, 7) is 1.93. The highest BCUT2D eigenvalue weighted by Gasteiger charge is 2.12. The van der Waals surface area contributed by atoms with Crippen molar-refractivity contribution in [3.05, 3.63) is 52.7 Å². The Morgan fingerprint density at radius 2 is 2.05 bits per heavy atom. The van der Waals surface area contributed by atoms with Crippen LogP contribution in [-0.2, 0) is 0 Å². The van der Waals surface area contributed by atoms with Crippen LogP contribution in [-0.4, -0.2) is 15.8 Å². The van der Waals surface area contributed by atoms with Gasteiger partial charge in [-0.05, 0) is 42.8 Å². The van der Waals surface area contributed by atoms with Crippen LogP contribution in [0.4, 0.5) is 5.82 Å². The quantitative estimate of drug-likeness (QED) is 0.848. The zero-order valence-corrected chi connectivity index (χ0v) is 12.1. The number of nitrogens with two attached hydrogens (primary N) is 1. The molecule has 0 aliphatic rings. The summed E-state index contributed by atoms with van der Waals surface area (Å²) in [4.78, 5) is 5.12. The van der Waals surface area contributed by atoms with Crippen molar-refractivity contribution in [2.45, 2.75) is 17.9 Å². The number of aryl methyl sites for hydroxylation is 1. The monoisotopic (exact) mass is 294 g/mol. The Kier molecular flexibility index (Phi) is 4.69. The van der Waals surface area contributed by atoms with Gasteiger partial charge in [0.1, 0.15) is 5.82 Å². The standard InChI is InChI=1S/C14H15ClN2OS/c1-9-6-12(14(16)17-7-9)13(18)8-19-11-4-2-10(15)3-5-11/h2-7,13,18H,8H2,1H3,(H2,16,17). The Morgan fingerprint density at radius 3 is 2.74 bits per heavy atom. The molecule has 1 unspecified atom stereocenters. The third-order valence-corrected chi connectivity index (χ3v) is 4.01. The maximum atomic E-state index is 10.2. The molecule has 5 heteroatoms. The number of halogens is 1. The Balaban J connectivity index is 2.03. The molecule has 0 amide bonds. The largest absolute Gasteiger partial charge is 0.387 e. The summed E-state index contributed by atoms with van der Waals surface area (Å²) >= 11 is 7.38. The van der Waals surface area contributed by atoms with E-state index < -0.39 is 6.10 Å². The number of hydrogen-bond donors (Lipinski definition) is 2. The number of aromatic nitrogens is 1. The van der Waals surface area contributed by atoms with Gasteiger partial charge in [0, 0.05) is 27.4 Å². The first kappa shape index (κ1) is 14.2. The molecular formula is C14H15ClN2OS. The third-order valence-electron chi connectivity index (χ3n) is 2.67. The van der Waals surface area contributed by atoms with Gasteiger partial charge in [-0.3, -0.25) is 0 Å². The van der Waals surface area contributed by atoms with Crippen molar-refractivity contribution in [2.24, 2.45) is 0 Å². The average molecular weight is 295 g/mol. The SMILES string of the molecule is Cc1cnc(N)c(C(O)CSc2ccc(Cl)cc2)c1. The molecule has 1 atom stereocenters. The first-order valence-electron chi connectivity index (χ1n) is 5.84. The molecule has 0 saturated carbocycles. The van der Waals surface area contributed by atoms with Gasteiger partial charge in [0.05, 0.1) is 6.10 Å². The highest BCUT2D eigenvalue weighted by molar-refractivity contribution is 7.99. The van der Waals surface area contributed by atoms with E-state index in [2.05, 4.69) is 4.98 Å². The molecule has 3 N–H and O–H groups in total. The summed E-state index contributed by atoms with van der Waals surface area (Å²) < 4.78 is 0. The van der Waals surface area contributed by atoms with Crippen molar-refractivity contribution >= 4 is 29.2 Å². The van der Waals surface area contributed by atoms with Crippen LogP contribution in [0.1, 0.15) is 17.2 Å². The van der Waals surface area contributed by atoms with Gasteiger partial charge in [-0.1, -0.05) is 11.6 Å². The minimum Gasteiger partial charge on any atom is -0.387 e. The van der Waals surface area contributed by atoms with Gasteiger partial charge in [0.15, 0.2) is 0 Å². The lowest BCUT2D eigenvalue weighted by Gasteiger charge is -2.13. The summed E-state index contributed by atoms with van der Waals surface area (Å²) in [5.41, 5.74) is 7.45. The Hall–Kier alpha value is -1.23. The highest BCUT2D eigenvalue weighted by Crippen LogP contribution is 2.28. The molecule has 3 nitrogen and oxygen atoms in total. The zero-order valence-electron chi connectivity index (χ0n) is 10.5. The Bertz CT molecular complexity index is 560. The van der Waals surface area contributed by atoms with Crippen LogP contribution in [0.2, 0.25) is 5.02 Å². The number of hydrogen-bond acceptors (Lipinski definition) is 4. The molecule has 1 aromatic carbocycles. The molecule has 1 aromatic heterocycles. The normalized spacial score (nSPS) is 12.4. The van der Waals surface area contributed by atoms with Crippen LogP contribution in [0.5, 0.6) is 0 Å². The lowest BCUT2D eigenvalue weighted by atomic mass is 10.1. The van der Waals surface area contributed by atoms with Crippen molar-refractivity contribution in [1.82, 2.24) is 4.98 Å². The van der Waals surface area contributed by atoms with Crippen molar-refractivity contribution in [3.63, 3.8) is 0 Å². The van der Waals surface area contributed by atoms with Crippen molar-refractivity contribution < 1.29 is 5.11 Å². The summed E-state index contributed by atoms with van der Waals surface area (Å²) in [7, 11) is 0. The van der Waals surface area contributed by atoms with Crippen LogP contribution in [0.15, 0.2) is 41.4 Å². The van der Waals surface area contributed by atoms with E-state index in [0.717, 1.165) is 10.5 Å². The van der Waals surface area contributed by atoms with E-state index in [9.17, 15) is 5.11 Å². The Labute approximate surface area is 121 Å². The molecule has 0 radical (unpaired) electrons. The van der Waals surface area contributed by atoms with Gasteiger partial charge in [0.2, 0.25) is 0 Å². The van der Waals surface area contributed by atoms with Crippen LogP contribution >= 0.6 is 23.4 Å². The molecule has 0 saturated heterocycles. The number of anilines is 1. The smallest absolute Gasteiger partial charge is 0.129 e. The summed E-state index contributed by atoms with van der Waals surface area (Å²) in [6.07, 6.45) is 1.06. The second kappa shape index (κ2) is 6.28. The third kappa shape index (κ3) is 3.86. The maximum absolute atomic E-state index is 10.2. The zero-order chi connectivity index (χ0) is 13.8. The molecule has 0 aliphatic heterocycles. The molecule has 0 spiro atoms. The van der Waals surface area contributed by atoms with Gasteiger partial charge in [0.25, 0.3) is 0 Å². The van der Waals surface area contributed by atoms with Gasteiger partial charge in [-0.15, -0.1) is 11.8 Å². The fraction of sp³-hybridized carbons (Fsp3) is 0.214. The van der Waals surface area contributed by atoms with E-state index in [4.69, 9.17) is 17.3 Å². The summed E-state index contributed by atoms with van der Waals surface area (Å²) in [5, 5.41) is 10.9. The molecule has 0 bridgehead atoms. The predicted molar refractivity (Wildman–Crippen MR) is 80.5 cm³/mol. The molecule has 0 fully saturated rings. The van der Waals surface area contributed by atoms with E-state index in [1.54, 1.807) is 18.0 Å². The number of thioether (sulfide) groups is 1. The minimum atomic E-state index is -0.631. The lowest BCUT2D eigenvalue weighted by molar-refractivity contribution is 0.204. The highest BCUT2D eigenvalue weighted by atomic mass is 35.5. The van der Waals surface area contributed by atoms with E-state index in [1.807, 2.05) is 37.3 Å². The number of rotatable bonds is 4. The fourth-order valence-corrected chi connectivity index (χ4v) is 2.65. The molecular weight excluding hydrogens is 280 g/mol. The van der Waals surface area contributed by atoms with Crippen LogP contribution in [0, 0.1) is 6.92 Å². The van der Waals surface area contributed by atoms with Crippen LogP contribution in [0.3, 0.4) is 0 Å². The number of pyridine rings is 1. The minimum absolute atomic E-state index is 0.384. The fourth-order valence-electron chi connectivity index (χ4n) is 1.67. The van der Waals surface area contributed by atoms with E-state index in [0.29, 0.717) is 22.2 Å². The van der Waals surface area contributed by atoms with Crippen molar-refractivity contribution in [1.29, 1.82) is 0 Å². The summed E-state index contributed by atoms with van der Waals surface area (Å²) in [6, 6.07) is 9.39. The predicted octanol–water partition coefficient (Wildman–Crippen LogP) is 3.45. The molecule has 0 aliphatic carbocycles. The van der Waals surface area contributed by atoms with Crippen molar-refractivity contribution in [3.8, 4) is 0 Å². The van der Waals surface area contributed by atoms with Gasteiger partial charge >= 0.3 is 0 Å². The Morgan fingerprint density at radius 1 is 1.37 bits per heavy atom. The molecule has 2 rings (SSSR count). The number of nitrogens with zero attached hydrogens (tertiary/aromatic N) is 1. The molecule has 2 aromatic rings. The lowest BCUT2D eigenvalue weighted by Crippen LogP contribution is -2.06.